The number of hydrogen-bond donors (Lipinski definition) is 2. The minimum absolute atomic E-state index is 0.0520. The summed E-state index contributed by atoms with van der Waals surface area (Å²) in [5.41, 5.74) is 2.37. The van der Waals surface area contributed by atoms with E-state index in [0.717, 1.165) is 5.56 Å². The molecule has 1 heterocycles. The molecule has 3 aromatic rings. The maximum absolute atomic E-state index is 13.0. The molecule has 1 aromatic heterocycles. The van der Waals surface area contributed by atoms with Crippen LogP contribution in [0.2, 0.25) is 5.02 Å². The van der Waals surface area contributed by atoms with E-state index >= 15 is 0 Å². The summed E-state index contributed by atoms with van der Waals surface area (Å²) in [6.45, 7) is -0.0520. The molecule has 1 fully saturated rings. The van der Waals surface area contributed by atoms with E-state index in [1.54, 1.807) is 36.4 Å². The second kappa shape index (κ2) is 5.34. The molecule has 4 rings (SSSR count). The molecule has 0 aliphatic heterocycles. The van der Waals surface area contributed by atoms with E-state index in [0.29, 0.717) is 27.4 Å². The van der Waals surface area contributed by atoms with E-state index < -0.39 is 11.8 Å². The minimum Gasteiger partial charge on any atom is -0.492 e. The highest BCUT2D eigenvalue weighted by atomic mass is 35.5. The number of fused-ring (bicyclic) bond motifs is 1. The largest absolute Gasteiger partial charge is 0.492 e. The van der Waals surface area contributed by atoms with E-state index in [9.17, 15) is 13.6 Å². The van der Waals surface area contributed by atoms with Crippen LogP contribution in [-0.2, 0) is 0 Å². The summed E-state index contributed by atoms with van der Waals surface area (Å²) in [4.78, 5) is 16.7. The van der Waals surface area contributed by atoms with Crippen LogP contribution in [0.15, 0.2) is 41.2 Å². The number of nitrogens with one attached hydrogen (secondary N) is 2. The molecule has 24 heavy (non-hydrogen) atoms. The van der Waals surface area contributed by atoms with Gasteiger partial charge in [0.1, 0.15) is 5.75 Å². The number of alkyl halides is 2. The van der Waals surface area contributed by atoms with Crippen LogP contribution in [0.5, 0.6) is 5.75 Å². The second-order valence-corrected chi connectivity index (χ2v) is 6.33. The van der Waals surface area contributed by atoms with Crippen LogP contribution < -0.4 is 10.4 Å². The number of aromatic amines is 2. The second-order valence-electron chi connectivity index (χ2n) is 5.93. The summed E-state index contributed by atoms with van der Waals surface area (Å²) in [5.74, 6) is -2.92. The average molecular weight is 351 g/mol. The lowest BCUT2D eigenvalue weighted by Crippen LogP contribution is -2.06. The zero-order valence-corrected chi connectivity index (χ0v) is 13.2. The van der Waals surface area contributed by atoms with Gasteiger partial charge in [-0.2, -0.15) is 0 Å². The van der Waals surface area contributed by atoms with Gasteiger partial charge in [0.2, 0.25) is 0 Å². The van der Waals surface area contributed by atoms with Crippen LogP contribution in [0.4, 0.5) is 8.78 Å². The predicted molar refractivity (Wildman–Crippen MR) is 87.9 cm³/mol. The normalized spacial score (nSPS) is 18.7. The Morgan fingerprint density at radius 2 is 1.96 bits per heavy atom. The van der Waals surface area contributed by atoms with Gasteiger partial charge in [0.25, 0.3) is 5.92 Å². The third kappa shape index (κ3) is 2.67. The Morgan fingerprint density at radius 1 is 1.21 bits per heavy atom. The van der Waals surface area contributed by atoms with Crippen molar-refractivity contribution in [2.45, 2.75) is 12.3 Å². The van der Waals surface area contributed by atoms with E-state index in [2.05, 4.69) is 9.97 Å². The maximum Gasteiger partial charge on any atom is 0.323 e. The van der Waals surface area contributed by atoms with Gasteiger partial charge in [-0.3, -0.25) is 0 Å². The summed E-state index contributed by atoms with van der Waals surface area (Å²) in [5, 5.41) is 0.451. The highest BCUT2D eigenvalue weighted by Gasteiger charge is 2.57. The minimum atomic E-state index is -2.62. The number of hydrogen-bond acceptors (Lipinski definition) is 2. The summed E-state index contributed by atoms with van der Waals surface area (Å²) in [6, 6.07) is 10.4. The molecule has 7 heteroatoms. The molecule has 0 bridgehead atoms. The van der Waals surface area contributed by atoms with Crippen molar-refractivity contribution in [1.29, 1.82) is 0 Å². The zero-order chi connectivity index (χ0) is 16.9. The Morgan fingerprint density at radius 3 is 2.71 bits per heavy atom. The first-order chi connectivity index (χ1) is 11.4. The van der Waals surface area contributed by atoms with Crippen molar-refractivity contribution in [3.05, 3.63) is 51.9 Å². The number of halogens is 3. The summed E-state index contributed by atoms with van der Waals surface area (Å²) < 4.78 is 31.7. The SMILES string of the molecule is O=c1[nH]c2ccc(-c3c(Cl)cccc3OCC3CC3(F)F)cc2[nH]1. The lowest BCUT2D eigenvalue weighted by atomic mass is 10.0. The molecule has 124 valence electrons. The number of rotatable bonds is 4. The summed E-state index contributed by atoms with van der Waals surface area (Å²) in [7, 11) is 0. The number of H-pyrrole nitrogens is 2. The van der Waals surface area contributed by atoms with Crippen molar-refractivity contribution in [3.8, 4) is 16.9 Å². The van der Waals surface area contributed by atoms with Crippen LogP contribution in [0, 0.1) is 5.92 Å². The molecule has 2 N–H and O–H groups in total. The van der Waals surface area contributed by atoms with Crippen molar-refractivity contribution in [2.75, 3.05) is 6.61 Å². The number of imidazole rings is 1. The molecule has 1 aliphatic carbocycles. The molecule has 2 aromatic carbocycles. The van der Waals surface area contributed by atoms with Gasteiger partial charge in [0.15, 0.2) is 0 Å². The quantitative estimate of drug-likeness (QED) is 0.740. The van der Waals surface area contributed by atoms with Gasteiger partial charge in [-0.25, -0.2) is 13.6 Å². The van der Waals surface area contributed by atoms with Crippen molar-refractivity contribution in [2.24, 2.45) is 5.92 Å². The van der Waals surface area contributed by atoms with Gasteiger partial charge in [-0.1, -0.05) is 23.7 Å². The lowest BCUT2D eigenvalue weighted by Gasteiger charge is -2.13. The van der Waals surface area contributed by atoms with Crippen LogP contribution in [0.25, 0.3) is 22.2 Å². The van der Waals surface area contributed by atoms with Gasteiger partial charge in [-0.05, 0) is 29.8 Å². The average Bonchev–Trinajstić information content (AvgIpc) is 2.96. The van der Waals surface area contributed by atoms with Crippen molar-refractivity contribution in [3.63, 3.8) is 0 Å². The first-order valence-electron chi connectivity index (χ1n) is 7.45. The third-order valence-electron chi connectivity index (χ3n) is 4.18. The fourth-order valence-electron chi connectivity index (χ4n) is 2.73. The van der Waals surface area contributed by atoms with E-state index in [1.807, 2.05) is 0 Å². The number of benzene rings is 2. The molecule has 0 radical (unpaired) electrons. The molecule has 4 nitrogen and oxygen atoms in total. The van der Waals surface area contributed by atoms with E-state index in [-0.39, 0.29) is 18.7 Å². The molecule has 0 amide bonds. The Labute approximate surface area is 140 Å². The molecule has 1 saturated carbocycles. The Kier molecular flexibility index (Phi) is 3.38. The van der Waals surface area contributed by atoms with Gasteiger partial charge in [0, 0.05) is 12.0 Å². The predicted octanol–water partition coefficient (Wildman–Crippen LogP) is 4.21. The molecular weight excluding hydrogens is 338 g/mol. The number of aromatic nitrogens is 2. The third-order valence-corrected chi connectivity index (χ3v) is 4.49. The fourth-order valence-corrected chi connectivity index (χ4v) is 3.01. The Hall–Kier alpha value is -2.34. The van der Waals surface area contributed by atoms with Gasteiger partial charge in [-0.15, -0.1) is 0 Å². The molecule has 1 unspecified atom stereocenters. The van der Waals surface area contributed by atoms with Crippen molar-refractivity contribution in [1.82, 2.24) is 9.97 Å². The summed E-state index contributed by atoms with van der Waals surface area (Å²) >= 11 is 6.30. The van der Waals surface area contributed by atoms with Gasteiger partial charge < -0.3 is 14.7 Å². The standard InChI is InChI=1S/C17H13ClF2N2O2/c18-11-2-1-3-14(24-8-10-7-17(10,19)20)15(11)9-4-5-12-13(6-9)22-16(23)21-12/h1-6,10H,7-8H2,(H2,21,22,23). The number of ether oxygens (including phenoxy) is 1. The molecule has 1 atom stereocenters. The van der Waals surface area contributed by atoms with Gasteiger partial charge in [0.05, 0.1) is 28.6 Å². The van der Waals surface area contributed by atoms with Gasteiger partial charge >= 0.3 is 5.69 Å². The molecule has 0 spiro atoms. The van der Waals surface area contributed by atoms with E-state index in [4.69, 9.17) is 16.3 Å². The molecule has 1 aliphatic rings. The van der Waals surface area contributed by atoms with Crippen LogP contribution in [0.3, 0.4) is 0 Å². The Balaban J connectivity index is 1.71. The maximum atomic E-state index is 13.0. The van der Waals surface area contributed by atoms with Crippen LogP contribution >= 0.6 is 11.6 Å². The van der Waals surface area contributed by atoms with Crippen LogP contribution in [-0.4, -0.2) is 22.5 Å². The fraction of sp³-hybridized carbons (Fsp3) is 0.235. The first-order valence-corrected chi connectivity index (χ1v) is 7.83. The molecule has 0 saturated heterocycles. The lowest BCUT2D eigenvalue weighted by molar-refractivity contribution is 0.0857. The Bertz CT molecular complexity index is 980. The highest BCUT2D eigenvalue weighted by molar-refractivity contribution is 6.33. The highest BCUT2D eigenvalue weighted by Crippen LogP contribution is 2.49. The van der Waals surface area contributed by atoms with Crippen molar-refractivity contribution < 1.29 is 13.5 Å². The monoisotopic (exact) mass is 350 g/mol. The van der Waals surface area contributed by atoms with E-state index in [1.165, 1.54) is 0 Å². The van der Waals surface area contributed by atoms with Crippen LogP contribution in [0.1, 0.15) is 6.42 Å². The summed E-state index contributed by atoms with van der Waals surface area (Å²) in [6.07, 6.45) is -0.139. The zero-order valence-electron chi connectivity index (χ0n) is 12.4. The molecular formula is C17H13ClF2N2O2. The first kappa shape index (κ1) is 15.2. The smallest absolute Gasteiger partial charge is 0.323 e. The van der Waals surface area contributed by atoms with Crippen molar-refractivity contribution >= 4 is 22.6 Å². The topological polar surface area (TPSA) is 57.9 Å².